The molecule has 1 aliphatic rings. The fraction of sp³-hybridized carbons (Fsp3) is 0.0667. The van der Waals surface area contributed by atoms with Crippen molar-refractivity contribution in [3.63, 3.8) is 0 Å². The van der Waals surface area contributed by atoms with Gasteiger partial charge in [0.05, 0.1) is 21.7 Å². The highest BCUT2D eigenvalue weighted by Crippen LogP contribution is 2.33. The lowest BCUT2D eigenvalue weighted by Crippen LogP contribution is -2.30. The number of hydrogen-bond donors (Lipinski definition) is 0. The quantitative estimate of drug-likeness (QED) is 0.483. The predicted molar refractivity (Wildman–Crippen MR) is 80.4 cm³/mol. The maximum Gasteiger partial charge on any atom is 0.270 e. The molecule has 7 heteroatoms. The molecule has 0 spiro atoms. The highest BCUT2D eigenvalue weighted by Gasteiger charge is 2.38. The van der Waals surface area contributed by atoms with Crippen LogP contribution in [0.3, 0.4) is 0 Å². The standard InChI is InChI=1S/C15H9ClN2O4/c1-8-2-3-9(16)6-13(8)17-14(19)11-5-4-10(18(21)22)7-12(11)15(17)20/h2-7H,1H3. The summed E-state index contributed by atoms with van der Waals surface area (Å²) in [7, 11) is 0. The normalized spacial score (nSPS) is 13.5. The first-order valence-electron chi connectivity index (χ1n) is 6.33. The Labute approximate surface area is 130 Å². The van der Waals surface area contributed by atoms with E-state index in [1.54, 1.807) is 19.1 Å². The van der Waals surface area contributed by atoms with E-state index in [4.69, 9.17) is 11.6 Å². The first-order valence-corrected chi connectivity index (χ1v) is 6.71. The summed E-state index contributed by atoms with van der Waals surface area (Å²) in [6, 6.07) is 8.50. The second-order valence-corrected chi connectivity index (χ2v) is 5.30. The average Bonchev–Trinajstić information content (AvgIpc) is 2.73. The van der Waals surface area contributed by atoms with Crippen molar-refractivity contribution in [1.82, 2.24) is 0 Å². The molecule has 2 aromatic carbocycles. The van der Waals surface area contributed by atoms with Gasteiger partial charge in [-0.3, -0.25) is 19.7 Å². The Kier molecular flexibility index (Phi) is 3.18. The molecule has 1 aliphatic heterocycles. The van der Waals surface area contributed by atoms with Gasteiger partial charge in [-0.2, -0.15) is 0 Å². The number of non-ortho nitro benzene ring substituents is 1. The van der Waals surface area contributed by atoms with Crippen LogP contribution in [0.25, 0.3) is 0 Å². The van der Waals surface area contributed by atoms with Crippen LogP contribution < -0.4 is 4.90 Å². The third-order valence-corrected chi connectivity index (χ3v) is 3.73. The monoisotopic (exact) mass is 316 g/mol. The molecule has 0 fully saturated rings. The van der Waals surface area contributed by atoms with E-state index in [1.165, 1.54) is 18.2 Å². The molecule has 22 heavy (non-hydrogen) atoms. The van der Waals surface area contributed by atoms with Crippen LogP contribution in [0.2, 0.25) is 5.02 Å². The number of halogens is 1. The van der Waals surface area contributed by atoms with E-state index < -0.39 is 16.7 Å². The molecule has 110 valence electrons. The summed E-state index contributed by atoms with van der Waals surface area (Å²) in [5, 5.41) is 11.2. The number of benzene rings is 2. The van der Waals surface area contributed by atoms with Gasteiger partial charge in [-0.05, 0) is 30.7 Å². The molecule has 2 aromatic rings. The smallest absolute Gasteiger partial charge is 0.268 e. The Morgan fingerprint density at radius 1 is 1.05 bits per heavy atom. The van der Waals surface area contributed by atoms with E-state index in [0.29, 0.717) is 16.3 Å². The fourth-order valence-electron chi connectivity index (χ4n) is 2.38. The minimum absolute atomic E-state index is 0.0265. The second kappa shape index (κ2) is 4.92. The number of carbonyl (C=O) groups excluding carboxylic acids is 2. The molecular formula is C15H9ClN2O4. The van der Waals surface area contributed by atoms with Gasteiger partial charge in [0.2, 0.25) is 0 Å². The number of rotatable bonds is 2. The largest absolute Gasteiger partial charge is 0.270 e. The lowest BCUT2D eigenvalue weighted by molar-refractivity contribution is -0.384. The van der Waals surface area contributed by atoms with Gasteiger partial charge in [0, 0.05) is 17.2 Å². The summed E-state index contributed by atoms with van der Waals surface area (Å²) in [6.45, 7) is 1.75. The maximum atomic E-state index is 12.5. The van der Waals surface area contributed by atoms with Crippen LogP contribution in [-0.2, 0) is 0 Å². The van der Waals surface area contributed by atoms with Crippen molar-refractivity contribution in [2.75, 3.05) is 4.90 Å². The molecule has 0 atom stereocenters. The number of amides is 2. The number of imide groups is 1. The fourth-order valence-corrected chi connectivity index (χ4v) is 2.55. The predicted octanol–water partition coefficient (Wildman–Crippen LogP) is 3.36. The minimum atomic E-state index is -0.606. The van der Waals surface area contributed by atoms with Gasteiger partial charge in [0.1, 0.15) is 0 Å². The summed E-state index contributed by atoms with van der Waals surface area (Å²) in [4.78, 5) is 36.1. The number of fused-ring (bicyclic) bond motifs is 1. The number of carbonyl (C=O) groups is 2. The molecule has 0 radical (unpaired) electrons. The summed E-state index contributed by atoms with van der Waals surface area (Å²) >= 11 is 5.93. The van der Waals surface area contributed by atoms with Crippen molar-refractivity contribution in [2.45, 2.75) is 6.92 Å². The first-order chi connectivity index (χ1) is 10.4. The Bertz CT molecular complexity index is 847. The van der Waals surface area contributed by atoms with Gasteiger partial charge in [0.15, 0.2) is 0 Å². The lowest BCUT2D eigenvalue weighted by Gasteiger charge is -2.16. The van der Waals surface area contributed by atoms with Crippen LogP contribution >= 0.6 is 11.6 Å². The SMILES string of the molecule is Cc1ccc(Cl)cc1N1C(=O)c2ccc([N+](=O)[O-])cc2C1=O. The van der Waals surface area contributed by atoms with Crippen molar-refractivity contribution >= 4 is 34.8 Å². The summed E-state index contributed by atoms with van der Waals surface area (Å²) < 4.78 is 0. The number of anilines is 1. The number of hydrogen-bond acceptors (Lipinski definition) is 4. The van der Waals surface area contributed by atoms with Crippen LogP contribution in [0.15, 0.2) is 36.4 Å². The number of aryl methyl sites for hydroxylation is 1. The van der Waals surface area contributed by atoms with E-state index in [-0.39, 0.29) is 16.8 Å². The van der Waals surface area contributed by atoms with E-state index in [1.807, 2.05) is 0 Å². The molecule has 0 N–H and O–H groups in total. The Hall–Kier alpha value is -2.73. The van der Waals surface area contributed by atoms with E-state index in [0.717, 1.165) is 11.0 Å². The molecule has 6 nitrogen and oxygen atoms in total. The average molecular weight is 317 g/mol. The third-order valence-electron chi connectivity index (χ3n) is 3.49. The Morgan fingerprint density at radius 2 is 1.73 bits per heavy atom. The zero-order chi connectivity index (χ0) is 16.0. The van der Waals surface area contributed by atoms with Crippen LogP contribution in [0, 0.1) is 17.0 Å². The van der Waals surface area contributed by atoms with Crippen molar-refractivity contribution < 1.29 is 14.5 Å². The van der Waals surface area contributed by atoms with Crippen molar-refractivity contribution in [2.24, 2.45) is 0 Å². The molecule has 0 saturated carbocycles. The highest BCUT2D eigenvalue weighted by molar-refractivity contribution is 6.36. The zero-order valence-electron chi connectivity index (χ0n) is 11.4. The van der Waals surface area contributed by atoms with Crippen molar-refractivity contribution in [3.05, 3.63) is 68.2 Å². The molecule has 0 aromatic heterocycles. The van der Waals surface area contributed by atoms with Gasteiger partial charge < -0.3 is 0 Å². The molecule has 3 rings (SSSR count). The van der Waals surface area contributed by atoms with Crippen molar-refractivity contribution in [1.29, 1.82) is 0 Å². The van der Waals surface area contributed by atoms with Gasteiger partial charge >= 0.3 is 0 Å². The van der Waals surface area contributed by atoms with Gasteiger partial charge in [-0.1, -0.05) is 17.7 Å². The number of nitrogens with zero attached hydrogens (tertiary/aromatic N) is 2. The maximum absolute atomic E-state index is 12.5. The number of nitro benzene ring substituents is 1. The van der Waals surface area contributed by atoms with Crippen LogP contribution in [0.1, 0.15) is 26.3 Å². The van der Waals surface area contributed by atoms with Gasteiger partial charge in [-0.25, -0.2) is 4.90 Å². The zero-order valence-corrected chi connectivity index (χ0v) is 12.1. The van der Waals surface area contributed by atoms with Crippen LogP contribution in [-0.4, -0.2) is 16.7 Å². The van der Waals surface area contributed by atoms with Gasteiger partial charge in [0.25, 0.3) is 17.5 Å². The van der Waals surface area contributed by atoms with E-state index in [2.05, 4.69) is 0 Å². The van der Waals surface area contributed by atoms with E-state index in [9.17, 15) is 19.7 Å². The summed E-state index contributed by atoms with van der Waals surface area (Å²) in [5.41, 5.74) is 1.02. The molecule has 0 unspecified atom stereocenters. The topological polar surface area (TPSA) is 80.5 Å². The number of nitro groups is 1. The van der Waals surface area contributed by atoms with Gasteiger partial charge in [-0.15, -0.1) is 0 Å². The Balaban J connectivity index is 2.14. The minimum Gasteiger partial charge on any atom is -0.268 e. The summed E-state index contributed by atoms with van der Waals surface area (Å²) in [5.74, 6) is -1.10. The molecular weight excluding hydrogens is 308 g/mol. The Morgan fingerprint density at radius 3 is 2.41 bits per heavy atom. The summed E-state index contributed by atoms with van der Waals surface area (Å²) in [6.07, 6.45) is 0. The molecule has 2 amide bonds. The second-order valence-electron chi connectivity index (χ2n) is 4.86. The van der Waals surface area contributed by atoms with E-state index >= 15 is 0 Å². The molecule has 0 bridgehead atoms. The lowest BCUT2D eigenvalue weighted by atomic mass is 10.1. The first kappa shape index (κ1) is 14.2. The van der Waals surface area contributed by atoms with Crippen LogP contribution in [0.4, 0.5) is 11.4 Å². The third kappa shape index (κ3) is 2.05. The van der Waals surface area contributed by atoms with Crippen molar-refractivity contribution in [3.8, 4) is 0 Å². The van der Waals surface area contributed by atoms with Crippen LogP contribution in [0.5, 0.6) is 0 Å². The highest BCUT2D eigenvalue weighted by atomic mass is 35.5. The molecule has 1 heterocycles. The molecule has 0 aliphatic carbocycles. The molecule has 0 saturated heterocycles.